The molecule has 1 aromatic carbocycles. The monoisotopic (exact) mass is 278 g/mol. The van der Waals surface area contributed by atoms with Crippen molar-refractivity contribution >= 4 is 11.6 Å². The van der Waals surface area contributed by atoms with E-state index in [9.17, 15) is 4.79 Å². The molecule has 0 aliphatic heterocycles. The Hall–Kier alpha value is -2.04. The van der Waals surface area contributed by atoms with E-state index in [1.54, 1.807) is 31.4 Å². The summed E-state index contributed by atoms with van der Waals surface area (Å²) in [5, 5.41) is 4.02. The molecule has 1 amide bonds. The molecule has 0 fully saturated rings. The summed E-state index contributed by atoms with van der Waals surface area (Å²) in [5.41, 5.74) is 3.40. The van der Waals surface area contributed by atoms with Crippen molar-refractivity contribution in [3.63, 3.8) is 0 Å². The van der Waals surface area contributed by atoms with Crippen LogP contribution in [0.3, 0.4) is 0 Å². The quantitative estimate of drug-likeness (QED) is 0.587. The highest BCUT2D eigenvalue weighted by Gasteiger charge is 2.02. The van der Waals surface area contributed by atoms with E-state index in [1.807, 2.05) is 6.92 Å². The van der Waals surface area contributed by atoms with Gasteiger partial charge in [-0.05, 0) is 44.0 Å². The summed E-state index contributed by atoms with van der Waals surface area (Å²) in [6.07, 6.45) is 3.09. The van der Waals surface area contributed by atoms with Crippen LogP contribution in [0.15, 0.2) is 29.4 Å². The van der Waals surface area contributed by atoms with Crippen molar-refractivity contribution in [1.82, 2.24) is 5.43 Å². The molecular formula is C15H22N2O3. The number of nitrogens with one attached hydrogen (secondary N) is 1. The number of carbonyl (C=O) groups excluding carboxylic acids is 1. The maximum atomic E-state index is 11.5. The summed E-state index contributed by atoms with van der Waals surface area (Å²) < 4.78 is 10.4. The molecule has 20 heavy (non-hydrogen) atoms. The highest BCUT2D eigenvalue weighted by molar-refractivity contribution is 5.84. The van der Waals surface area contributed by atoms with E-state index < -0.39 is 0 Å². The molecule has 0 heterocycles. The predicted octanol–water partition coefficient (Wildman–Crippen LogP) is 2.76. The predicted molar refractivity (Wildman–Crippen MR) is 79.3 cm³/mol. The third kappa shape index (κ3) is 6.22. The van der Waals surface area contributed by atoms with Gasteiger partial charge in [0.15, 0.2) is 6.61 Å². The van der Waals surface area contributed by atoms with Crippen LogP contribution < -0.4 is 14.9 Å². The van der Waals surface area contributed by atoms with Crippen molar-refractivity contribution in [3.8, 4) is 11.5 Å². The van der Waals surface area contributed by atoms with Gasteiger partial charge >= 0.3 is 0 Å². The standard InChI is InChI=1S/C15H22N2O3/c1-4-5-6-12(2)16-17-15(18)11-20-14-9-7-13(19-3)8-10-14/h7-10H,4-6,11H2,1-3H3,(H,17,18)/b16-12+. The van der Waals surface area contributed by atoms with Crippen molar-refractivity contribution in [3.05, 3.63) is 24.3 Å². The van der Waals surface area contributed by atoms with E-state index in [4.69, 9.17) is 9.47 Å². The lowest BCUT2D eigenvalue weighted by Gasteiger charge is -2.06. The molecule has 0 atom stereocenters. The number of hydrazone groups is 1. The number of hydrogen-bond acceptors (Lipinski definition) is 4. The lowest BCUT2D eigenvalue weighted by Crippen LogP contribution is -2.25. The number of unbranched alkanes of at least 4 members (excludes halogenated alkanes) is 1. The Labute approximate surface area is 120 Å². The van der Waals surface area contributed by atoms with E-state index in [-0.39, 0.29) is 12.5 Å². The maximum Gasteiger partial charge on any atom is 0.277 e. The smallest absolute Gasteiger partial charge is 0.277 e. The fourth-order valence-electron chi connectivity index (χ4n) is 1.50. The zero-order valence-corrected chi connectivity index (χ0v) is 12.3. The van der Waals surface area contributed by atoms with Crippen molar-refractivity contribution in [1.29, 1.82) is 0 Å². The van der Waals surface area contributed by atoms with Crippen LogP contribution in [0.4, 0.5) is 0 Å². The van der Waals surface area contributed by atoms with Gasteiger partial charge in [-0.1, -0.05) is 13.3 Å². The van der Waals surface area contributed by atoms with Gasteiger partial charge in [-0.15, -0.1) is 0 Å². The normalized spacial score (nSPS) is 11.1. The minimum Gasteiger partial charge on any atom is -0.497 e. The summed E-state index contributed by atoms with van der Waals surface area (Å²) in [5.74, 6) is 1.10. The molecule has 1 rings (SSSR count). The first-order valence-corrected chi connectivity index (χ1v) is 6.74. The van der Waals surface area contributed by atoms with Gasteiger partial charge in [0, 0.05) is 5.71 Å². The van der Waals surface area contributed by atoms with Crippen LogP contribution in [0.1, 0.15) is 33.1 Å². The summed E-state index contributed by atoms with van der Waals surface area (Å²) in [6, 6.07) is 7.06. The summed E-state index contributed by atoms with van der Waals surface area (Å²) in [7, 11) is 1.60. The summed E-state index contributed by atoms with van der Waals surface area (Å²) in [6.45, 7) is 3.96. The number of carbonyl (C=O) groups is 1. The molecular weight excluding hydrogens is 256 g/mol. The lowest BCUT2D eigenvalue weighted by molar-refractivity contribution is -0.123. The Balaban J connectivity index is 2.31. The van der Waals surface area contributed by atoms with Gasteiger partial charge in [0.2, 0.25) is 0 Å². The van der Waals surface area contributed by atoms with E-state index in [0.29, 0.717) is 5.75 Å². The van der Waals surface area contributed by atoms with Crippen molar-refractivity contribution in [2.45, 2.75) is 33.1 Å². The first kappa shape index (κ1) is 16.0. The van der Waals surface area contributed by atoms with Crippen molar-refractivity contribution < 1.29 is 14.3 Å². The zero-order chi connectivity index (χ0) is 14.8. The Morgan fingerprint density at radius 2 is 1.90 bits per heavy atom. The largest absolute Gasteiger partial charge is 0.497 e. The van der Waals surface area contributed by atoms with E-state index >= 15 is 0 Å². The first-order chi connectivity index (χ1) is 9.65. The number of amides is 1. The Bertz CT molecular complexity index is 441. The average molecular weight is 278 g/mol. The van der Waals surface area contributed by atoms with E-state index in [1.165, 1.54) is 0 Å². The molecule has 0 spiro atoms. The second-order valence-electron chi connectivity index (χ2n) is 4.45. The van der Waals surface area contributed by atoms with Crippen LogP contribution in [-0.2, 0) is 4.79 Å². The second kappa shape index (κ2) is 8.96. The number of methoxy groups -OCH3 is 1. The van der Waals surface area contributed by atoms with Gasteiger partial charge in [-0.25, -0.2) is 5.43 Å². The van der Waals surface area contributed by atoms with Gasteiger partial charge in [0.05, 0.1) is 7.11 Å². The minimum atomic E-state index is -0.267. The SMILES string of the molecule is CCCC/C(C)=N/NC(=O)COc1ccc(OC)cc1. The molecule has 0 aliphatic carbocycles. The second-order valence-corrected chi connectivity index (χ2v) is 4.45. The maximum absolute atomic E-state index is 11.5. The first-order valence-electron chi connectivity index (χ1n) is 6.74. The van der Waals surface area contributed by atoms with E-state index in [2.05, 4.69) is 17.5 Å². The molecule has 0 aromatic heterocycles. The molecule has 5 heteroatoms. The molecule has 1 N–H and O–H groups in total. The topological polar surface area (TPSA) is 59.9 Å². The number of hydrogen-bond donors (Lipinski definition) is 1. The van der Waals surface area contributed by atoms with Crippen LogP contribution in [0.2, 0.25) is 0 Å². The highest BCUT2D eigenvalue weighted by Crippen LogP contribution is 2.16. The summed E-state index contributed by atoms with van der Waals surface area (Å²) in [4.78, 5) is 11.5. The molecule has 0 aliphatic rings. The van der Waals surface area contributed by atoms with Crippen LogP contribution in [-0.4, -0.2) is 25.3 Å². The molecule has 0 saturated heterocycles. The zero-order valence-electron chi connectivity index (χ0n) is 12.3. The van der Waals surface area contributed by atoms with Crippen LogP contribution in [0.25, 0.3) is 0 Å². The third-order valence-corrected chi connectivity index (χ3v) is 2.69. The number of rotatable bonds is 8. The third-order valence-electron chi connectivity index (χ3n) is 2.69. The average Bonchev–Trinajstić information content (AvgIpc) is 2.49. The van der Waals surface area contributed by atoms with Crippen LogP contribution in [0.5, 0.6) is 11.5 Å². The Morgan fingerprint density at radius 3 is 2.50 bits per heavy atom. The minimum absolute atomic E-state index is 0.0586. The fraction of sp³-hybridized carbons (Fsp3) is 0.467. The fourth-order valence-corrected chi connectivity index (χ4v) is 1.50. The number of ether oxygens (including phenoxy) is 2. The van der Waals surface area contributed by atoms with Gasteiger partial charge < -0.3 is 9.47 Å². The molecule has 0 unspecified atom stereocenters. The number of benzene rings is 1. The molecule has 0 saturated carbocycles. The van der Waals surface area contributed by atoms with Gasteiger partial charge in [-0.2, -0.15) is 5.10 Å². The van der Waals surface area contributed by atoms with E-state index in [0.717, 1.165) is 30.7 Å². The molecule has 1 aromatic rings. The Kier molecular flexibility index (Phi) is 7.17. The van der Waals surface area contributed by atoms with Crippen LogP contribution in [0, 0.1) is 0 Å². The molecule has 110 valence electrons. The molecule has 0 radical (unpaired) electrons. The van der Waals surface area contributed by atoms with Crippen molar-refractivity contribution in [2.24, 2.45) is 5.10 Å². The molecule has 5 nitrogen and oxygen atoms in total. The summed E-state index contributed by atoms with van der Waals surface area (Å²) >= 11 is 0. The Morgan fingerprint density at radius 1 is 1.25 bits per heavy atom. The van der Waals surface area contributed by atoms with Gasteiger partial charge in [0.1, 0.15) is 11.5 Å². The van der Waals surface area contributed by atoms with Crippen molar-refractivity contribution in [2.75, 3.05) is 13.7 Å². The van der Waals surface area contributed by atoms with Crippen LogP contribution >= 0.6 is 0 Å². The van der Waals surface area contributed by atoms with Gasteiger partial charge in [-0.3, -0.25) is 4.79 Å². The number of nitrogens with zero attached hydrogens (tertiary/aromatic N) is 1. The highest BCUT2D eigenvalue weighted by atomic mass is 16.5. The molecule has 0 bridgehead atoms. The lowest BCUT2D eigenvalue weighted by atomic mass is 10.2. The van der Waals surface area contributed by atoms with Gasteiger partial charge in [0.25, 0.3) is 5.91 Å².